The molecule has 2 unspecified atom stereocenters. The van der Waals surface area contributed by atoms with Gasteiger partial charge in [0.05, 0.1) is 0 Å². The quantitative estimate of drug-likeness (QED) is 0.820. The molecule has 3 rings (SSSR count). The fourth-order valence-electron chi connectivity index (χ4n) is 4.26. The van der Waals surface area contributed by atoms with Crippen molar-refractivity contribution in [3.63, 3.8) is 0 Å². The van der Waals surface area contributed by atoms with Crippen LogP contribution in [0.15, 0.2) is 0 Å². The van der Waals surface area contributed by atoms with Gasteiger partial charge < -0.3 is 10.2 Å². The number of nitrogens with zero attached hydrogens (tertiary/aromatic N) is 1. The zero-order valence-corrected chi connectivity index (χ0v) is 14.1. The third kappa shape index (κ3) is 2.70. The Bertz CT molecular complexity index is 486. The maximum atomic E-state index is 13.1. The number of sulfone groups is 1. The van der Waals surface area contributed by atoms with E-state index < -0.39 is 14.6 Å². The van der Waals surface area contributed by atoms with Crippen molar-refractivity contribution in [3.05, 3.63) is 0 Å². The highest BCUT2D eigenvalue weighted by Crippen LogP contribution is 2.40. The Kier molecular flexibility index (Phi) is 4.90. The van der Waals surface area contributed by atoms with E-state index in [9.17, 15) is 13.2 Å². The van der Waals surface area contributed by atoms with Crippen molar-refractivity contribution in [2.75, 3.05) is 19.3 Å². The number of piperidine rings is 2. The highest BCUT2D eigenvalue weighted by molar-refractivity contribution is 7.92. The third-order valence-electron chi connectivity index (χ3n) is 5.44. The summed E-state index contributed by atoms with van der Waals surface area (Å²) in [6.45, 7) is 1.23. The molecule has 3 aliphatic heterocycles. The van der Waals surface area contributed by atoms with Gasteiger partial charge in [0.25, 0.3) is 0 Å². The van der Waals surface area contributed by atoms with Gasteiger partial charge in [-0.2, -0.15) is 0 Å². The minimum Gasteiger partial charge on any atom is -0.335 e. The topological polar surface area (TPSA) is 66.5 Å². The second kappa shape index (κ2) is 6.05. The molecule has 3 saturated heterocycles. The first-order chi connectivity index (χ1) is 9.46. The number of carbonyl (C=O) groups is 1. The number of fused-ring (bicyclic) bond motifs is 2. The fraction of sp³-hybridized carbons (Fsp3) is 0.929. The van der Waals surface area contributed by atoms with E-state index in [0.717, 1.165) is 25.7 Å². The van der Waals surface area contributed by atoms with Gasteiger partial charge in [0, 0.05) is 18.3 Å². The number of carbonyl (C=O) groups excluding carboxylic acids is 1. The SMILES string of the molecule is CS(=O)(=O)C1(C(=O)N2C3CCCC2CC3)CCNCC1.Cl. The van der Waals surface area contributed by atoms with Gasteiger partial charge in [0.15, 0.2) is 14.6 Å². The first-order valence-corrected chi connectivity index (χ1v) is 9.58. The first-order valence-electron chi connectivity index (χ1n) is 7.69. The zero-order valence-electron chi connectivity index (χ0n) is 12.5. The van der Waals surface area contributed by atoms with Gasteiger partial charge in [-0.1, -0.05) is 0 Å². The van der Waals surface area contributed by atoms with Crippen LogP contribution in [-0.2, 0) is 14.6 Å². The van der Waals surface area contributed by atoms with Crippen LogP contribution in [0.25, 0.3) is 0 Å². The van der Waals surface area contributed by atoms with Gasteiger partial charge in [-0.15, -0.1) is 12.4 Å². The van der Waals surface area contributed by atoms with E-state index in [2.05, 4.69) is 5.32 Å². The van der Waals surface area contributed by atoms with Crippen molar-refractivity contribution in [2.45, 2.75) is 61.8 Å². The standard InChI is InChI=1S/C14H24N2O3S.ClH/c1-20(18,19)14(7-9-15-10-8-14)13(17)16-11-3-2-4-12(16)6-5-11;/h11-12,15H,2-10H2,1H3;1H. The minimum absolute atomic E-state index is 0. The van der Waals surface area contributed by atoms with Crippen molar-refractivity contribution < 1.29 is 13.2 Å². The molecule has 3 aliphatic rings. The van der Waals surface area contributed by atoms with Crippen molar-refractivity contribution >= 4 is 28.2 Å². The second-order valence-corrected chi connectivity index (χ2v) is 8.87. The Morgan fingerprint density at radius 2 is 1.62 bits per heavy atom. The van der Waals surface area contributed by atoms with E-state index in [-0.39, 0.29) is 30.4 Å². The average molecular weight is 337 g/mol. The van der Waals surface area contributed by atoms with Gasteiger partial charge in [-0.3, -0.25) is 4.79 Å². The molecule has 2 bridgehead atoms. The van der Waals surface area contributed by atoms with Crippen LogP contribution in [0.2, 0.25) is 0 Å². The lowest BCUT2D eigenvalue weighted by atomic mass is 9.92. The molecule has 0 aromatic carbocycles. The van der Waals surface area contributed by atoms with E-state index >= 15 is 0 Å². The zero-order chi connectivity index (χ0) is 14.4. The van der Waals surface area contributed by atoms with Crippen LogP contribution >= 0.6 is 12.4 Å². The van der Waals surface area contributed by atoms with Crippen LogP contribution < -0.4 is 5.32 Å². The maximum absolute atomic E-state index is 13.1. The monoisotopic (exact) mass is 336 g/mol. The smallest absolute Gasteiger partial charge is 0.244 e. The molecule has 0 spiro atoms. The number of amides is 1. The van der Waals surface area contributed by atoms with E-state index in [0.29, 0.717) is 25.9 Å². The van der Waals surface area contributed by atoms with Gasteiger partial charge >= 0.3 is 0 Å². The Morgan fingerprint density at radius 3 is 2.10 bits per heavy atom. The lowest BCUT2D eigenvalue weighted by Crippen LogP contribution is -2.61. The van der Waals surface area contributed by atoms with Crippen molar-refractivity contribution in [3.8, 4) is 0 Å². The molecule has 1 N–H and O–H groups in total. The van der Waals surface area contributed by atoms with Crippen LogP contribution in [0.4, 0.5) is 0 Å². The highest BCUT2D eigenvalue weighted by atomic mass is 35.5. The normalized spacial score (nSPS) is 31.6. The summed E-state index contributed by atoms with van der Waals surface area (Å²) in [5.74, 6) is -0.103. The molecule has 5 nitrogen and oxygen atoms in total. The predicted molar refractivity (Wildman–Crippen MR) is 84.4 cm³/mol. The van der Waals surface area contributed by atoms with Crippen LogP contribution in [-0.4, -0.2) is 55.4 Å². The lowest BCUT2D eigenvalue weighted by molar-refractivity contribution is -0.139. The van der Waals surface area contributed by atoms with Crippen LogP contribution in [0.3, 0.4) is 0 Å². The van der Waals surface area contributed by atoms with Gasteiger partial charge in [-0.25, -0.2) is 8.42 Å². The van der Waals surface area contributed by atoms with Crippen LogP contribution in [0, 0.1) is 0 Å². The summed E-state index contributed by atoms with van der Waals surface area (Å²) in [6, 6.07) is 0.574. The molecular weight excluding hydrogens is 312 g/mol. The number of hydrogen-bond donors (Lipinski definition) is 1. The molecule has 0 aliphatic carbocycles. The van der Waals surface area contributed by atoms with E-state index in [1.165, 1.54) is 12.7 Å². The average Bonchev–Trinajstić information content (AvgIpc) is 2.66. The summed E-state index contributed by atoms with van der Waals surface area (Å²) < 4.78 is 23.5. The fourth-order valence-corrected chi connectivity index (χ4v) is 5.63. The van der Waals surface area contributed by atoms with Crippen molar-refractivity contribution in [1.29, 1.82) is 0 Å². The molecule has 21 heavy (non-hydrogen) atoms. The molecule has 1 amide bonds. The molecule has 0 aromatic heterocycles. The molecule has 0 saturated carbocycles. The molecule has 0 radical (unpaired) electrons. The molecule has 122 valence electrons. The largest absolute Gasteiger partial charge is 0.335 e. The Labute approximate surface area is 133 Å². The van der Waals surface area contributed by atoms with Gasteiger partial charge in [0.1, 0.15) is 0 Å². The molecule has 3 heterocycles. The van der Waals surface area contributed by atoms with Gasteiger partial charge in [0.2, 0.25) is 5.91 Å². The summed E-state index contributed by atoms with van der Waals surface area (Å²) in [4.78, 5) is 15.1. The second-order valence-electron chi connectivity index (χ2n) is 6.54. The Morgan fingerprint density at radius 1 is 1.10 bits per heavy atom. The number of rotatable bonds is 2. The molecule has 2 atom stereocenters. The number of halogens is 1. The summed E-state index contributed by atoms with van der Waals surface area (Å²) in [5, 5.41) is 3.17. The number of nitrogens with one attached hydrogen (secondary N) is 1. The molecular formula is C14H25ClN2O3S. The van der Waals surface area contributed by atoms with Crippen molar-refractivity contribution in [1.82, 2.24) is 10.2 Å². The summed E-state index contributed by atoms with van der Waals surface area (Å²) in [7, 11) is -3.39. The summed E-state index contributed by atoms with van der Waals surface area (Å²) in [6.07, 6.45) is 7.43. The van der Waals surface area contributed by atoms with E-state index in [4.69, 9.17) is 0 Å². The predicted octanol–water partition coefficient (Wildman–Crippen LogP) is 1.12. The summed E-state index contributed by atoms with van der Waals surface area (Å²) in [5.41, 5.74) is 0. The van der Waals surface area contributed by atoms with E-state index in [1.807, 2.05) is 4.90 Å². The van der Waals surface area contributed by atoms with Crippen molar-refractivity contribution in [2.24, 2.45) is 0 Å². The summed E-state index contributed by atoms with van der Waals surface area (Å²) >= 11 is 0. The maximum Gasteiger partial charge on any atom is 0.244 e. The number of hydrogen-bond acceptors (Lipinski definition) is 4. The van der Waals surface area contributed by atoms with Gasteiger partial charge in [-0.05, 0) is 58.0 Å². The van der Waals surface area contributed by atoms with Crippen LogP contribution in [0.5, 0.6) is 0 Å². The first kappa shape index (κ1) is 17.0. The minimum atomic E-state index is -3.39. The lowest BCUT2D eigenvalue weighted by Gasteiger charge is -2.43. The highest BCUT2D eigenvalue weighted by Gasteiger charge is 2.54. The third-order valence-corrected chi connectivity index (χ3v) is 7.44. The van der Waals surface area contributed by atoms with E-state index in [1.54, 1.807) is 0 Å². The van der Waals surface area contributed by atoms with Crippen LogP contribution in [0.1, 0.15) is 44.9 Å². The molecule has 0 aromatic rings. The Balaban J connectivity index is 0.00000161. The molecule has 7 heteroatoms. The Hall–Kier alpha value is -0.330. The molecule has 3 fully saturated rings.